The normalized spacial score (nSPS) is 17.2. The van der Waals surface area contributed by atoms with Gasteiger partial charge in [0.15, 0.2) is 0 Å². The van der Waals surface area contributed by atoms with Gasteiger partial charge in [-0.15, -0.1) is 0 Å². The number of carbonyl (C=O) groups excluding carboxylic acids is 2. The zero-order chi connectivity index (χ0) is 23.8. The lowest BCUT2D eigenvalue weighted by atomic mass is 9.75. The zero-order valence-electron chi connectivity index (χ0n) is 19.2. The molecule has 7 nitrogen and oxygen atoms in total. The molecule has 0 radical (unpaired) electrons. The summed E-state index contributed by atoms with van der Waals surface area (Å²) < 4.78 is 5.59. The number of fused-ring (bicyclic) bond motifs is 3. The predicted octanol–water partition coefficient (Wildman–Crippen LogP) is 4.06. The van der Waals surface area contributed by atoms with Gasteiger partial charge in [-0.1, -0.05) is 69.3 Å². The maximum Gasteiger partial charge on any atom is 0.408 e. The molecule has 1 fully saturated rings. The number of nitrogens with one attached hydrogen (secondary N) is 2. The SMILES string of the molecule is CC(C)(C)[C@@H](NC(=O)C1(NC(=O)OCC2c3ccccc3-c3ccccc32)CCC1)C(=O)O. The summed E-state index contributed by atoms with van der Waals surface area (Å²) in [5, 5.41) is 14.9. The molecule has 1 atom stereocenters. The van der Waals surface area contributed by atoms with E-state index < -0.39 is 35.0 Å². The molecule has 0 aromatic heterocycles. The molecule has 0 unspecified atom stereocenters. The monoisotopic (exact) mass is 450 g/mol. The summed E-state index contributed by atoms with van der Waals surface area (Å²) in [4.78, 5) is 37.4. The number of carboxylic acid groups (broad SMARTS) is 1. The highest BCUT2D eigenvalue weighted by Gasteiger charge is 2.48. The smallest absolute Gasteiger partial charge is 0.408 e. The molecular formula is C26H30N2O5. The van der Waals surface area contributed by atoms with E-state index in [-0.39, 0.29) is 12.5 Å². The Morgan fingerprint density at radius 1 is 1.03 bits per heavy atom. The maximum absolute atomic E-state index is 13.0. The molecule has 2 aliphatic rings. The lowest BCUT2D eigenvalue weighted by Gasteiger charge is -2.42. The van der Waals surface area contributed by atoms with Crippen LogP contribution < -0.4 is 10.6 Å². The topological polar surface area (TPSA) is 105 Å². The van der Waals surface area contributed by atoms with Crippen LogP contribution in [-0.2, 0) is 14.3 Å². The number of amides is 2. The summed E-state index contributed by atoms with van der Waals surface area (Å²) in [5.74, 6) is -1.66. The van der Waals surface area contributed by atoms with Gasteiger partial charge in [-0.05, 0) is 46.9 Å². The van der Waals surface area contributed by atoms with Gasteiger partial charge in [0.2, 0.25) is 5.91 Å². The van der Waals surface area contributed by atoms with Crippen molar-refractivity contribution in [2.45, 2.75) is 57.5 Å². The zero-order valence-corrected chi connectivity index (χ0v) is 19.2. The van der Waals surface area contributed by atoms with Crippen LogP contribution in [0.4, 0.5) is 4.79 Å². The van der Waals surface area contributed by atoms with Crippen molar-refractivity contribution in [2.75, 3.05) is 6.61 Å². The average Bonchev–Trinajstić information content (AvgIpc) is 3.05. The highest BCUT2D eigenvalue weighted by Crippen LogP contribution is 2.44. The van der Waals surface area contributed by atoms with Crippen LogP contribution in [0.25, 0.3) is 11.1 Å². The molecule has 0 aliphatic heterocycles. The third-order valence-electron chi connectivity index (χ3n) is 6.72. The van der Waals surface area contributed by atoms with Gasteiger partial charge >= 0.3 is 12.1 Å². The number of carboxylic acids is 1. The number of hydrogen-bond donors (Lipinski definition) is 3. The second-order valence-electron chi connectivity index (χ2n) is 10.00. The first-order valence-electron chi connectivity index (χ1n) is 11.3. The van der Waals surface area contributed by atoms with Crippen LogP contribution in [-0.4, -0.2) is 41.3 Å². The van der Waals surface area contributed by atoms with Gasteiger partial charge in [0, 0.05) is 5.92 Å². The van der Waals surface area contributed by atoms with E-state index >= 15 is 0 Å². The van der Waals surface area contributed by atoms with Crippen LogP contribution in [0.2, 0.25) is 0 Å². The van der Waals surface area contributed by atoms with Gasteiger partial charge in [0.1, 0.15) is 18.2 Å². The second-order valence-corrected chi connectivity index (χ2v) is 10.00. The van der Waals surface area contributed by atoms with Crippen molar-refractivity contribution in [3.63, 3.8) is 0 Å². The molecule has 7 heteroatoms. The molecule has 33 heavy (non-hydrogen) atoms. The van der Waals surface area contributed by atoms with Crippen molar-refractivity contribution in [3.8, 4) is 11.1 Å². The van der Waals surface area contributed by atoms with E-state index in [0.29, 0.717) is 12.8 Å². The van der Waals surface area contributed by atoms with Crippen molar-refractivity contribution < 1.29 is 24.2 Å². The van der Waals surface area contributed by atoms with Crippen LogP contribution in [0.5, 0.6) is 0 Å². The molecule has 1 saturated carbocycles. The van der Waals surface area contributed by atoms with E-state index in [1.165, 1.54) is 0 Å². The molecule has 174 valence electrons. The highest BCUT2D eigenvalue weighted by atomic mass is 16.5. The molecule has 0 bridgehead atoms. The van der Waals surface area contributed by atoms with E-state index in [1.54, 1.807) is 20.8 Å². The first-order chi connectivity index (χ1) is 15.6. The Balaban J connectivity index is 1.43. The Hall–Kier alpha value is -3.35. The van der Waals surface area contributed by atoms with Gasteiger partial charge in [-0.25, -0.2) is 9.59 Å². The van der Waals surface area contributed by atoms with E-state index in [1.807, 2.05) is 36.4 Å². The number of aliphatic carboxylic acids is 1. The largest absolute Gasteiger partial charge is 0.480 e. The fraction of sp³-hybridized carbons (Fsp3) is 0.423. The van der Waals surface area contributed by atoms with Crippen LogP contribution in [0.1, 0.15) is 57.1 Å². The minimum Gasteiger partial charge on any atom is -0.480 e. The Kier molecular flexibility index (Phi) is 5.91. The number of ether oxygens (including phenoxy) is 1. The molecule has 2 aromatic carbocycles. The van der Waals surface area contributed by atoms with Crippen molar-refractivity contribution in [2.24, 2.45) is 5.41 Å². The Morgan fingerprint density at radius 2 is 1.58 bits per heavy atom. The molecule has 4 rings (SSSR count). The maximum atomic E-state index is 13.0. The van der Waals surface area contributed by atoms with Crippen molar-refractivity contribution >= 4 is 18.0 Å². The van der Waals surface area contributed by atoms with E-state index in [4.69, 9.17) is 4.74 Å². The molecule has 2 amide bonds. The summed E-state index contributed by atoms with van der Waals surface area (Å²) in [5.41, 5.74) is 2.68. The lowest BCUT2D eigenvalue weighted by molar-refractivity contribution is -0.147. The third kappa shape index (κ3) is 4.32. The van der Waals surface area contributed by atoms with Gasteiger partial charge in [-0.2, -0.15) is 0 Å². The Bertz CT molecular complexity index is 1040. The summed E-state index contributed by atoms with van der Waals surface area (Å²) in [6, 6.07) is 15.1. The fourth-order valence-electron chi connectivity index (χ4n) is 4.69. The van der Waals surface area contributed by atoms with Crippen LogP contribution in [0, 0.1) is 5.41 Å². The molecule has 3 N–H and O–H groups in total. The first kappa shape index (κ1) is 22.8. The van der Waals surface area contributed by atoms with Crippen molar-refractivity contribution in [3.05, 3.63) is 59.7 Å². The molecule has 0 heterocycles. The molecule has 2 aromatic rings. The predicted molar refractivity (Wildman–Crippen MR) is 124 cm³/mol. The molecule has 0 spiro atoms. The van der Waals surface area contributed by atoms with Gasteiger partial charge in [-0.3, -0.25) is 4.79 Å². The quantitative estimate of drug-likeness (QED) is 0.616. The average molecular weight is 451 g/mol. The summed E-state index contributed by atoms with van der Waals surface area (Å²) in [6.45, 7) is 5.40. The molecule has 0 saturated heterocycles. The van der Waals surface area contributed by atoms with Crippen LogP contribution >= 0.6 is 0 Å². The van der Waals surface area contributed by atoms with Crippen LogP contribution in [0.15, 0.2) is 48.5 Å². The first-order valence-corrected chi connectivity index (χ1v) is 11.3. The lowest BCUT2D eigenvalue weighted by Crippen LogP contribution is -2.66. The third-order valence-corrected chi connectivity index (χ3v) is 6.72. The van der Waals surface area contributed by atoms with Crippen LogP contribution in [0.3, 0.4) is 0 Å². The Morgan fingerprint density at radius 3 is 2.03 bits per heavy atom. The molecule has 2 aliphatic carbocycles. The number of rotatable bonds is 6. The van der Waals surface area contributed by atoms with Gasteiger partial charge < -0.3 is 20.5 Å². The Labute approximate surface area is 193 Å². The standard InChI is InChI=1S/C26H30N2O5/c1-25(2,3)21(22(29)30)27-23(31)26(13-8-14-26)28-24(32)33-15-20-18-11-6-4-9-16(18)17-10-5-7-12-19(17)20/h4-7,9-12,20-21H,8,13-15H2,1-3H3,(H,27,31)(H,28,32)(H,29,30)/t21-/m0/s1. The summed E-state index contributed by atoms with van der Waals surface area (Å²) in [7, 11) is 0. The van der Waals surface area contributed by atoms with E-state index in [0.717, 1.165) is 28.7 Å². The summed E-state index contributed by atoms with van der Waals surface area (Å²) in [6.07, 6.45) is 0.984. The van der Waals surface area contributed by atoms with Crippen molar-refractivity contribution in [1.82, 2.24) is 10.6 Å². The van der Waals surface area contributed by atoms with Gasteiger partial charge in [0.05, 0.1) is 0 Å². The van der Waals surface area contributed by atoms with E-state index in [9.17, 15) is 19.5 Å². The molecular weight excluding hydrogens is 420 g/mol. The van der Waals surface area contributed by atoms with Crippen molar-refractivity contribution in [1.29, 1.82) is 0 Å². The van der Waals surface area contributed by atoms with Gasteiger partial charge in [0.25, 0.3) is 0 Å². The fourth-order valence-corrected chi connectivity index (χ4v) is 4.69. The van der Waals surface area contributed by atoms with E-state index in [2.05, 4.69) is 22.8 Å². The summed E-state index contributed by atoms with van der Waals surface area (Å²) >= 11 is 0. The minimum atomic E-state index is -1.14. The minimum absolute atomic E-state index is 0.0772. The number of alkyl carbamates (subject to hydrolysis) is 1. The second kappa shape index (κ2) is 8.54. The highest BCUT2D eigenvalue weighted by molar-refractivity contribution is 5.93. The number of benzene rings is 2. The number of hydrogen-bond acceptors (Lipinski definition) is 4. The number of carbonyl (C=O) groups is 3.